The third-order valence-electron chi connectivity index (χ3n) is 2.08. The van der Waals surface area contributed by atoms with E-state index in [0.29, 0.717) is 10.1 Å². The van der Waals surface area contributed by atoms with E-state index in [2.05, 4.69) is 42.0 Å². The number of H-pyrrole nitrogens is 1. The van der Waals surface area contributed by atoms with Crippen LogP contribution in [0.25, 0.3) is 0 Å². The molecule has 0 spiro atoms. The second kappa shape index (κ2) is 6.65. The summed E-state index contributed by atoms with van der Waals surface area (Å²) in [6.07, 6.45) is 3.22. The maximum Gasteiger partial charge on any atom is 0.191 e. The molecule has 0 aliphatic rings. The van der Waals surface area contributed by atoms with Gasteiger partial charge < -0.3 is 5.32 Å². The Morgan fingerprint density at radius 1 is 1.42 bits per heavy atom. The number of hydrogen-bond acceptors (Lipinski definition) is 3. The topological polar surface area (TPSA) is 65.1 Å². The standard InChI is InChI=1S/C11H9BrClN5S/c12-9-5-14-17-10(9)6-15-18-11(19)16-8-3-1-7(13)2-4-8/h1-6H,(H,14,17)(H2,16,18,19)/b15-6-. The van der Waals surface area contributed by atoms with Gasteiger partial charge in [-0.15, -0.1) is 0 Å². The van der Waals surface area contributed by atoms with Crippen LogP contribution in [0.1, 0.15) is 5.69 Å². The van der Waals surface area contributed by atoms with Gasteiger partial charge in [-0.2, -0.15) is 10.2 Å². The number of halogens is 2. The highest BCUT2D eigenvalue weighted by atomic mass is 79.9. The van der Waals surface area contributed by atoms with Gasteiger partial charge in [0.25, 0.3) is 0 Å². The van der Waals surface area contributed by atoms with Gasteiger partial charge in [0.05, 0.1) is 22.6 Å². The number of anilines is 1. The molecular formula is C11H9BrClN5S. The smallest absolute Gasteiger partial charge is 0.191 e. The van der Waals surface area contributed by atoms with E-state index >= 15 is 0 Å². The van der Waals surface area contributed by atoms with Gasteiger partial charge in [-0.05, 0) is 52.4 Å². The van der Waals surface area contributed by atoms with Crippen LogP contribution >= 0.6 is 39.7 Å². The number of hydrazone groups is 1. The monoisotopic (exact) mass is 357 g/mol. The van der Waals surface area contributed by atoms with Gasteiger partial charge in [0, 0.05) is 10.7 Å². The summed E-state index contributed by atoms with van der Waals surface area (Å²) in [5, 5.41) is 14.6. The van der Waals surface area contributed by atoms with E-state index in [-0.39, 0.29) is 0 Å². The summed E-state index contributed by atoms with van der Waals surface area (Å²) >= 11 is 14.2. The van der Waals surface area contributed by atoms with Crippen molar-refractivity contribution in [2.75, 3.05) is 5.32 Å². The average Bonchev–Trinajstić information content (AvgIpc) is 2.78. The van der Waals surface area contributed by atoms with E-state index < -0.39 is 0 Å². The second-order valence-corrected chi connectivity index (χ2v) is 5.16. The molecule has 8 heteroatoms. The largest absolute Gasteiger partial charge is 0.331 e. The molecule has 0 radical (unpaired) electrons. The zero-order valence-corrected chi connectivity index (χ0v) is 12.7. The molecule has 0 aliphatic carbocycles. The zero-order valence-electron chi connectivity index (χ0n) is 9.52. The number of rotatable bonds is 3. The number of benzene rings is 1. The van der Waals surface area contributed by atoms with Crippen LogP contribution in [0.3, 0.4) is 0 Å². The highest BCUT2D eigenvalue weighted by molar-refractivity contribution is 9.10. The van der Waals surface area contributed by atoms with Crippen molar-refractivity contribution in [2.45, 2.75) is 0 Å². The minimum atomic E-state index is 0.384. The molecule has 98 valence electrons. The van der Waals surface area contributed by atoms with Crippen LogP contribution in [-0.4, -0.2) is 21.5 Å². The number of thiocarbonyl (C=S) groups is 1. The van der Waals surface area contributed by atoms with E-state index in [4.69, 9.17) is 23.8 Å². The Hall–Kier alpha value is -1.44. The maximum absolute atomic E-state index is 5.79. The Kier molecular flexibility index (Phi) is 4.89. The molecule has 5 nitrogen and oxygen atoms in total. The van der Waals surface area contributed by atoms with Gasteiger partial charge in [0.2, 0.25) is 0 Å². The lowest BCUT2D eigenvalue weighted by Crippen LogP contribution is -2.23. The van der Waals surface area contributed by atoms with Crippen LogP contribution in [-0.2, 0) is 0 Å². The Morgan fingerprint density at radius 3 is 2.79 bits per heavy atom. The summed E-state index contributed by atoms with van der Waals surface area (Å²) in [6.45, 7) is 0. The second-order valence-electron chi connectivity index (χ2n) is 3.46. The first-order valence-electron chi connectivity index (χ1n) is 5.19. The summed E-state index contributed by atoms with van der Waals surface area (Å²) in [5.74, 6) is 0. The predicted molar refractivity (Wildman–Crippen MR) is 84.7 cm³/mol. The lowest BCUT2D eigenvalue weighted by Gasteiger charge is -2.06. The highest BCUT2D eigenvalue weighted by Gasteiger charge is 1.98. The molecule has 19 heavy (non-hydrogen) atoms. The van der Waals surface area contributed by atoms with Gasteiger partial charge in [-0.25, -0.2) is 0 Å². The molecule has 0 saturated heterocycles. The molecule has 1 heterocycles. The number of nitrogens with zero attached hydrogens (tertiary/aromatic N) is 2. The van der Waals surface area contributed by atoms with Crippen molar-refractivity contribution in [1.29, 1.82) is 0 Å². The molecule has 2 aromatic rings. The van der Waals surface area contributed by atoms with Crippen LogP contribution in [0, 0.1) is 0 Å². The molecule has 0 saturated carbocycles. The summed E-state index contributed by atoms with van der Waals surface area (Å²) in [5.41, 5.74) is 4.28. The molecule has 1 aromatic heterocycles. The minimum Gasteiger partial charge on any atom is -0.331 e. The fourth-order valence-corrected chi connectivity index (χ4v) is 1.81. The van der Waals surface area contributed by atoms with Crippen molar-refractivity contribution in [1.82, 2.24) is 15.6 Å². The van der Waals surface area contributed by atoms with E-state index in [1.807, 2.05) is 12.1 Å². The van der Waals surface area contributed by atoms with Crippen molar-refractivity contribution >= 4 is 56.8 Å². The van der Waals surface area contributed by atoms with Crippen molar-refractivity contribution in [3.63, 3.8) is 0 Å². The number of aromatic amines is 1. The molecule has 0 amide bonds. The SMILES string of the molecule is S=C(N/N=C\c1[nH]ncc1Br)Nc1ccc(Cl)cc1. The molecule has 0 unspecified atom stereocenters. The van der Waals surface area contributed by atoms with Crippen LogP contribution < -0.4 is 10.7 Å². The lowest BCUT2D eigenvalue weighted by atomic mass is 10.3. The molecular weight excluding hydrogens is 350 g/mol. The Balaban J connectivity index is 1.86. The molecule has 1 aromatic carbocycles. The summed E-state index contributed by atoms with van der Waals surface area (Å²) in [4.78, 5) is 0. The van der Waals surface area contributed by atoms with E-state index in [1.165, 1.54) is 0 Å². The van der Waals surface area contributed by atoms with Crippen LogP contribution in [0.5, 0.6) is 0 Å². The molecule has 2 rings (SSSR count). The van der Waals surface area contributed by atoms with Crippen molar-refractivity contribution < 1.29 is 0 Å². The molecule has 0 atom stereocenters. The number of hydrogen-bond donors (Lipinski definition) is 3. The highest BCUT2D eigenvalue weighted by Crippen LogP contribution is 2.13. The van der Waals surface area contributed by atoms with Gasteiger partial charge in [0.15, 0.2) is 5.11 Å². The van der Waals surface area contributed by atoms with Crippen molar-refractivity contribution in [3.05, 3.63) is 45.7 Å². The third kappa shape index (κ3) is 4.30. The molecule has 0 aliphatic heterocycles. The van der Waals surface area contributed by atoms with Gasteiger partial charge in [-0.1, -0.05) is 11.6 Å². The summed E-state index contributed by atoms with van der Waals surface area (Å²) in [6, 6.07) is 7.20. The number of aromatic nitrogens is 2. The van der Waals surface area contributed by atoms with Crippen LogP contribution in [0.15, 0.2) is 40.0 Å². The molecule has 0 fully saturated rings. The van der Waals surface area contributed by atoms with E-state index in [0.717, 1.165) is 15.9 Å². The minimum absolute atomic E-state index is 0.384. The fourth-order valence-electron chi connectivity index (χ4n) is 1.22. The molecule has 0 bridgehead atoms. The first-order chi connectivity index (χ1) is 9.15. The van der Waals surface area contributed by atoms with Crippen LogP contribution in [0.4, 0.5) is 5.69 Å². The van der Waals surface area contributed by atoms with Gasteiger partial charge in [-0.3, -0.25) is 10.5 Å². The zero-order chi connectivity index (χ0) is 13.7. The fraction of sp³-hybridized carbons (Fsp3) is 0. The lowest BCUT2D eigenvalue weighted by molar-refractivity contribution is 1.04. The van der Waals surface area contributed by atoms with Gasteiger partial charge in [0.1, 0.15) is 0 Å². The van der Waals surface area contributed by atoms with Crippen molar-refractivity contribution in [2.24, 2.45) is 5.10 Å². The number of nitrogens with one attached hydrogen (secondary N) is 3. The maximum atomic E-state index is 5.79. The Bertz CT molecular complexity index is 595. The van der Waals surface area contributed by atoms with E-state index in [9.17, 15) is 0 Å². The van der Waals surface area contributed by atoms with Crippen molar-refractivity contribution in [3.8, 4) is 0 Å². The van der Waals surface area contributed by atoms with Gasteiger partial charge >= 0.3 is 0 Å². The quantitative estimate of drug-likeness (QED) is 0.448. The summed E-state index contributed by atoms with van der Waals surface area (Å²) < 4.78 is 0.828. The Morgan fingerprint density at radius 2 is 2.16 bits per heavy atom. The Labute approximate surface area is 128 Å². The molecule has 3 N–H and O–H groups in total. The third-order valence-corrected chi connectivity index (χ3v) is 3.16. The van der Waals surface area contributed by atoms with Crippen LogP contribution in [0.2, 0.25) is 5.02 Å². The average molecular weight is 359 g/mol. The summed E-state index contributed by atoms with van der Waals surface area (Å²) in [7, 11) is 0. The normalized spacial score (nSPS) is 10.6. The van der Waals surface area contributed by atoms with E-state index in [1.54, 1.807) is 24.5 Å². The first-order valence-corrected chi connectivity index (χ1v) is 6.77. The first kappa shape index (κ1) is 14.0. The predicted octanol–water partition coefficient (Wildman–Crippen LogP) is 3.15.